The number of hydrogen-bond donors (Lipinski definition) is 2. The van der Waals surface area contributed by atoms with Gasteiger partial charge in [0, 0.05) is 38.3 Å². The molecule has 5 nitrogen and oxygen atoms in total. The van der Waals surface area contributed by atoms with Gasteiger partial charge in [0.15, 0.2) is 0 Å². The number of hydrogen-bond acceptors (Lipinski definition) is 5. The van der Waals surface area contributed by atoms with Crippen molar-refractivity contribution in [1.82, 2.24) is 15.3 Å². The largest absolute Gasteiger partial charge is 0.362 e. The molecule has 4 rings (SSSR count). The van der Waals surface area contributed by atoms with Crippen molar-refractivity contribution in [2.24, 2.45) is 0 Å². The summed E-state index contributed by atoms with van der Waals surface area (Å²) >= 11 is 0. The summed E-state index contributed by atoms with van der Waals surface area (Å²) in [5, 5.41) is 7.57. The molecule has 0 radical (unpaired) electrons. The van der Waals surface area contributed by atoms with E-state index in [9.17, 15) is 0 Å². The van der Waals surface area contributed by atoms with Crippen LogP contribution < -0.4 is 15.5 Å². The lowest BCUT2D eigenvalue weighted by molar-refractivity contribution is 0.360. The Morgan fingerprint density at radius 3 is 2.46 bits per heavy atom. The lowest BCUT2D eigenvalue weighted by atomic mass is 9.91. The predicted octanol–water partition coefficient (Wildman–Crippen LogP) is 6.40. The summed E-state index contributed by atoms with van der Waals surface area (Å²) in [6.45, 7) is 3.28. The number of nitrogens with zero attached hydrogens (tertiary/aromatic N) is 3. The van der Waals surface area contributed by atoms with Crippen molar-refractivity contribution < 1.29 is 0 Å². The quantitative estimate of drug-likeness (QED) is 0.368. The number of fused-ring (bicyclic) bond motifs is 1. The Morgan fingerprint density at radius 2 is 1.71 bits per heavy atom. The SMILES string of the molecule is CCCCCC(=Cc1ccccc1)CN[C@H]1CC[C@@H](Nc2nc3c(c(N(C)C)n2)CCCC3)CC1. The first-order chi connectivity index (χ1) is 17.1. The van der Waals surface area contributed by atoms with Gasteiger partial charge in [-0.25, -0.2) is 4.98 Å². The summed E-state index contributed by atoms with van der Waals surface area (Å²) in [6, 6.07) is 11.8. The van der Waals surface area contributed by atoms with Gasteiger partial charge in [-0.05, 0) is 69.8 Å². The first kappa shape index (κ1) is 25.7. The van der Waals surface area contributed by atoms with Gasteiger partial charge in [0.2, 0.25) is 5.95 Å². The molecule has 0 unspecified atom stereocenters. The van der Waals surface area contributed by atoms with Gasteiger partial charge in [0.05, 0.1) is 5.69 Å². The Balaban J connectivity index is 1.30. The summed E-state index contributed by atoms with van der Waals surface area (Å²) in [5.74, 6) is 1.93. The Hall–Kier alpha value is -2.40. The van der Waals surface area contributed by atoms with E-state index in [1.807, 2.05) is 0 Å². The zero-order chi connectivity index (χ0) is 24.5. The molecule has 2 aliphatic rings. The second-order valence-corrected chi connectivity index (χ2v) is 10.6. The first-order valence-corrected chi connectivity index (χ1v) is 13.9. The summed E-state index contributed by atoms with van der Waals surface area (Å²) in [6.07, 6.45) is 16.9. The molecule has 190 valence electrons. The van der Waals surface area contributed by atoms with Crippen LogP contribution in [0.15, 0.2) is 35.9 Å². The summed E-state index contributed by atoms with van der Waals surface area (Å²) < 4.78 is 0. The molecule has 1 aromatic heterocycles. The standard InChI is InChI=1S/C30H45N5/c1-4-5-7-14-24(21-23-12-8-6-9-13-23)22-31-25-17-19-26(20-18-25)32-30-33-28-16-11-10-15-27(28)29(34-30)35(2)3/h6,8-9,12-13,21,25-26,31H,4-5,7,10-11,14-20,22H2,1-3H3,(H,32,33,34)/t25-,26+. The van der Waals surface area contributed by atoms with Crippen molar-refractivity contribution in [3.63, 3.8) is 0 Å². The van der Waals surface area contributed by atoms with E-state index in [-0.39, 0.29) is 0 Å². The van der Waals surface area contributed by atoms with Gasteiger partial charge in [-0.1, -0.05) is 61.7 Å². The van der Waals surface area contributed by atoms with Crippen LogP contribution in [-0.4, -0.2) is 42.7 Å². The van der Waals surface area contributed by atoms with Crippen molar-refractivity contribution in [1.29, 1.82) is 0 Å². The van der Waals surface area contributed by atoms with Crippen LogP contribution in [-0.2, 0) is 12.8 Å². The molecule has 0 atom stereocenters. The maximum atomic E-state index is 4.93. The molecule has 0 spiro atoms. The molecule has 2 aliphatic carbocycles. The predicted molar refractivity (Wildman–Crippen MR) is 149 cm³/mol. The topological polar surface area (TPSA) is 53.1 Å². The number of benzene rings is 1. The minimum atomic E-state index is 0.466. The van der Waals surface area contributed by atoms with Crippen LogP contribution in [0.1, 0.15) is 88.0 Å². The fourth-order valence-corrected chi connectivity index (χ4v) is 5.51. The average Bonchev–Trinajstić information content (AvgIpc) is 2.88. The first-order valence-electron chi connectivity index (χ1n) is 13.9. The molecule has 35 heavy (non-hydrogen) atoms. The van der Waals surface area contributed by atoms with Crippen molar-refractivity contribution in [3.8, 4) is 0 Å². The van der Waals surface area contributed by atoms with Gasteiger partial charge in [0.25, 0.3) is 0 Å². The molecule has 2 aromatic rings. The number of nitrogens with one attached hydrogen (secondary N) is 2. The highest BCUT2D eigenvalue weighted by atomic mass is 15.2. The molecule has 1 aromatic carbocycles. The number of rotatable bonds is 11. The Kier molecular flexibility index (Phi) is 9.58. The van der Waals surface area contributed by atoms with Crippen LogP contribution in [0.2, 0.25) is 0 Å². The zero-order valence-electron chi connectivity index (χ0n) is 22.2. The zero-order valence-corrected chi connectivity index (χ0v) is 22.2. The minimum Gasteiger partial charge on any atom is -0.362 e. The molecule has 2 N–H and O–H groups in total. The molecular weight excluding hydrogens is 430 g/mol. The highest BCUT2D eigenvalue weighted by molar-refractivity contribution is 5.53. The van der Waals surface area contributed by atoms with Gasteiger partial charge < -0.3 is 15.5 Å². The summed E-state index contributed by atoms with van der Waals surface area (Å²) in [4.78, 5) is 12.0. The molecule has 0 aliphatic heterocycles. The third-order valence-electron chi connectivity index (χ3n) is 7.53. The van der Waals surface area contributed by atoms with E-state index in [0.29, 0.717) is 12.1 Å². The van der Waals surface area contributed by atoms with Crippen molar-refractivity contribution in [3.05, 3.63) is 52.7 Å². The fourth-order valence-electron chi connectivity index (χ4n) is 5.51. The molecule has 1 saturated carbocycles. The smallest absolute Gasteiger partial charge is 0.225 e. The van der Waals surface area contributed by atoms with E-state index in [4.69, 9.17) is 9.97 Å². The highest BCUT2D eigenvalue weighted by Crippen LogP contribution is 2.29. The molecule has 0 saturated heterocycles. The number of aromatic nitrogens is 2. The highest BCUT2D eigenvalue weighted by Gasteiger charge is 2.24. The van der Waals surface area contributed by atoms with Gasteiger partial charge in [0.1, 0.15) is 5.82 Å². The Labute approximate surface area is 212 Å². The van der Waals surface area contributed by atoms with Crippen LogP contribution in [0.25, 0.3) is 6.08 Å². The number of unbranched alkanes of at least 4 members (excludes halogenated alkanes) is 2. The van der Waals surface area contributed by atoms with E-state index < -0.39 is 0 Å². The fraction of sp³-hybridized carbons (Fsp3) is 0.600. The van der Waals surface area contributed by atoms with Crippen molar-refractivity contribution >= 4 is 17.8 Å². The number of aryl methyl sites for hydroxylation is 1. The van der Waals surface area contributed by atoms with E-state index in [1.54, 1.807) is 0 Å². The van der Waals surface area contributed by atoms with E-state index in [1.165, 1.54) is 86.6 Å². The van der Waals surface area contributed by atoms with Gasteiger partial charge in [-0.2, -0.15) is 4.98 Å². The maximum Gasteiger partial charge on any atom is 0.225 e. The van der Waals surface area contributed by atoms with Gasteiger partial charge in [-0.15, -0.1) is 0 Å². The average molecular weight is 476 g/mol. The van der Waals surface area contributed by atoms with Crippen LogP contribution in [0.5, 0.6) is 0 Å². The van der Waals surface area contributed by atoms with Crippen molar-refractivity contribution in [2.75, 3.05) is 30.9 Å². The lowest BCUT2D eigenvalue weighted by Crippen LogP contribution is -2.38. The Morgan fingerprint density at radius 1 is 0.971 bits per heavy atom. The third kappa shape index (κ3) is 7.54. The molecule has 5 heteroatoms. The molecular formula is C30H45N5. The second-order valence-electron chi connectivity index (χ2n) is 10.6. The van der Waals surface area contributed by atoms with Gasteiger partial charge in [-0.3, -0.25) is 0 Å². The van der Waals surface area contributed by atoms with Crippen LogP contribution >= 0.6 is 0 Å². The molecule has 0 bridgehead atoms. The van der Waals surface area contributed by atoms with Crippen molar-refractivity contribution in [2.45, 2.75) is 96.1 Å². The van der Waals surface area contributed by atoms with E-state index in [2.05, 4.69) is 73.0 Å². The van der Waals surface area contributed by atoms with E-state index in [0.717, 1.165) is 31.2 Å². The molecule has 1 fully saturated rings. The number of anilines is 2. The maximum absolute atomic E-state index is 4.93. The van der Waals surface area contributed by atoms with Gasteiger partial charge >= 0.3 is 0 Å². The monoisotopic (exact) mass is 475 g/mol. The van der Waals surface area contributed by atoms with Crippen LogP contribution in [0, 0.1) is 0 Å². The Bertz CT molecular complexity index is 945. The van der Waals surface area contributed by atoms with Crippen LogP contribution in [0.4, 0.5) is 11.8 Å². The van der Waals surface area contributed by atoms with Crippen LogP contribution in [0.3, 0.4) is 0 Å². The summed E-state index contributed by atoms with van der Waals surface area (Å²) in [7, 11) is 4.20. The van der Waals surface area contributed by atoms with E-state index >= 15 is 0 Å². The molecule has 0 amide bonds. The third-order valence-corrected chi connectivity index (χ3v) is 7.53. The second kappa shape index (κ2) is 13.1. The minimum absolute atomic E-state index is 0.466. The lowest BCUT2D eigenvalue weighted by Gasteiger charge is -2.31. The molecule has 1 heterocycles. The normalized spacial score (nSPS) is 20.4. The summed E-state index contributed by atoms with van der Waals surface area (Å²) in [5.41, 5.74) is 5.46.